The normalized spacial score (nSPS) is 23.6. The molecule has 0 radical (unpaired) electrons. The Morgan fingerprint density at radius 1 is 1.41 bits per heavy atom. The lowest BCUT2D eigenvalue weighted by molar-refractivity contribution is -0.127. The highest BCUT2D eigenvalue weighted by atomic mass is 16.5. The summed E-state index contributed by atoms with van der Waals surface area (Å²) in [5.41, 5.74) is 0. The number of ether oxygens (including phenoxy) is 1. The van der Waals surface area contributed by atoms with Gasteiger partial charge in [-0.25, -0.2) is 0 Å². The van der Waals surface area contributed by atoms with E-state index in [0.717, 1.165) is 38.8 Å². The minimum atomic E-state index is 0.246. The fraction of sp³-hybridized carbons (Fsp3) is 0.917. The molecule has 0 unspecified atom stereocenters. The maximum Gasteiger partial charge on any atom is 0.237 e. The first-order valence-corrected chi connectivity index (χ1v) is 6.49. The molecule has 2 fully saturated rings. The summed E-state index contributed by atoms with van der Waals surface area (Å²) in [6.07, 6.45) is 2.48. The summed E-state index contributed by atoms with van der Waals surface area (Å²) in [6.45, 7) is 6.04. The lowest BCUT2D eigenvalue weighted by Gasteiger charge is -2.26. The van der Waals surface area contributed by atoms with Gasteiger partial charge in [-0.3, -0.25) is 9.69 Å². The van der Waals surface area contributed by atoms with Crippen molar-refractivity contribution in [2.75, 3.05) is 53.1 Å². The zero-order chi connectivity index (χ0) is 12.1. The zero-order valence-electron chi connectivity index (χ0n) is 10.7. The van der Waals surface area contributed by atoms with Crippen LogP contribution in [0.3, 0.4) is 0 Å². The van der Waals surface area contributed by atoms with Crippen LogP contribution in [-0.4, -0.2) is 68.8 Å². The van der Waals surface area contributed by atoms with Crippen molar-refractivity contribution in [3.05, 3.63) is 0 Å². The summed E-state index contributed by atoms with van der Waals surface area (Å²) in [6, 6.07) is 0. The zero-order valence-corrected chi connectivity index (χ0v) is 10.7. The van der Waals surface area contributed by atoms with E-state index in [4.69, 9.17) is 4.74 Å². The SMILES string of the molecule is COCCN1CN(CC2CCNCC2)CC1=O. The monoisotopic (exact) mass is 241 g/mol. The van der Waals surface area contributed by atoms with Crippen LogP contribution < -0.4 is 5.32 Å². The minimum absolute atomic E-state index is 0.246. The molecule has 1 N–H and O–H groups in total. The van der Waals surface area contributed by atoms with Gasteiger partial charge in [-0.2, -0.15) is 0 Å². The quantitative estimate of drug-likeness (QED) is 0.720. The van der Waals surface area contributed by atoms with Crippen LogP contribution in [0.4, 0.5) is 0 Å². The predicted molar refractivity (Wildman–Crippen MR) is 65.6 cm³/mol. The van der Waals surface area contributed by atoms with Crippen molar-refractivity contribution in [2.24, 2.45) is 5.92 Å². The second kappa shape index (κ2) is 6.33. The maximum atomic E-state index is 11.7. The number of amides is 1. The van der Waals surface area contributed by atoms with E-state index in [1.807, 2.05) is 4.90 Å². The first-order chi connectivity index (χ1) is 8.29. The Kier molecular flexibility index (Phi) is 4.76. The molecule has 2 saturated heterocycles. The molecule has 2 heterocycles. The molecule has 0 aromatic heterocycles. The first kappa shape index (κ1) is 12.8. The number of rotatable bonds is 5. The Morgan fingerprint density at radius 3 is 2.88 bits per heavy atom. The summed E-state index contributed by atoms with van der Waals surface area (Å²) in [7, 11) is 1.67. The smallest absolute Gasteiger partial charge is 0.237 e. The molecule has 98 valence electrons. The molecule has 1 amide bonds. The van der Waals surface area contributed by atoms with Crippen LogP contribution in [-0.2, 0) is 9.53 Å². The maximum absolute atomic E-state index is 11.7. The molecule has 0 saturated carbocycles. The molecule has 0 aromatic rings. The number of piperidine rings is 1. The van der Waals surface area contributed by atoms with Crippen molar-refractivity contribution in [1.29, 1.82) is 0 Å². The lowest BCUT2D eigenvalue weighted by Crippen LogP contribution is -2.36. The van der Waals surface area contributed by atoms with Gasteiger partial charge in [-0.05, 0) is 31.8 Å². The summed E-state index contributed by atoms with van der Waals surface area (Å²) < 4.78 is 5.02. The average molecular weight is 241 g/mol. The fourth-order valence-electron chi connectivity index (χ4n) is 2.61. The van der Waals surface area contributed by atoms with E-state index in [9.17, 15) is 4.79 Å². The number of nitrogens with zero attached hydrogens (tertiary/aromatic N) is 2. The highest BCUT2D eigenvalue weighted by Crippen LogP contribution is 2.16. The van der Waals surface area contributed by atoms with Crippen molar-refractivity contribution in [2.45, 2.75) is 12.8 Å². The van der Waals surface area contributed by atoms with Gasteiger partial charge < -0.3 is 15.0 Å². The summed E-state index contributed by atoms with van der Waals surface area (Å²) in [5, 5.41) is 3.37. The van der Waals surface area contributed by atoms with Crippen molar-refractivity contribution >= 4 is 5.91 Å². The van der Waals surface area contributed by atoms with Crippen LogP contribution >= 0.6 is 0 Å². The molecular weight excluding hydrogens is 218 g/mol. The molecule has 2 aliphatic rings. The van der Waals surface area contributed by atoms with E-state index >= 15 is 0 Å². The van der Waals surface area contributed by atoms with Crippen LogP contribution in [0.15, 0.2) is 0 Å². The second-order valence-electron chi connectivity index (χ2n) is 5.00. The summed E-state index contributed by atoms with van der Waals surface area (Å²) in [4.78, 5) is 15.9. The molecule has 2 aliphatic heterocycles. The summed E-state index contributed by atoms with van der Waals surface area (Å²) in [5.74, 6) is 1.00. The molecular formula is C12H23N3O2. The van der Waals surface area contributed by atoms with E-state index in [1.165, 1.54) is 12.8 Å². The van der Waals surface area contributed by atoms with Gasteiger partial charge in [0.15, 0.2) is 0 Å². The van der Waals surface area contributed by atoms with Crippen molar-refractivity contribution < 1.29 is 9.53 Å². The van der Waals surface area contributed by atoms with Gasteiger partial charge in [0.05, 0.1) is 19.8 Å². The third kappa shape index (κ3) is 3.66. The van der Waals surface area contributed by atoms with Crippen LogP contribution in [0.2, 0.25) is 0 Å². The molecule has 5 heteroatoms. The topological polar surface area (TPSA) is 44.8 Å². The second-order valence-corrected chi connectivity index (χ2v) is 5.00. The van der Waals surface area contributed by atoms with E-state index in [0.29, 0.717) is 13.2 Å². The Labute approximate surface area is 103 Å². The predicted octanol–water partition coefficient (Wildman–Crippen LogP) is -0.266. The van der Waals surface area contributed by atoms with Gasteiger partial charge in [0, 0.05) is 20.2 Å². The van der Waals surface area contributed by atoms with Gasteiger partial charge in [0.1, 0.15) is 0 Å². The lowest BCUT2D eigenvalue weighted by atomic mass is 9.98. The van der Waals surface area contributed by atoms with Crippen molar-refractivity contribution in [1.82, 2.24) is 15.1 Å². The largest absolute Gasteiger partial charge is 0.383 e. The van der Waals surface area contributed by atoms with Crippen LogP contribution in [0.25, 0.3) is 0 Å². The molecule has 0 atom stereocenters. The molecule has 0 spiro atoms. The van der Waals surface area contributed by atoms with Gasteiger partial charge >= 0.3 is 0 Å². The highest BCUT2D eigenvalue weighted by Gasteiger charge is 2.28. The molecule has 2 rings (SSSR count). The van der Waals surface area contributed by atoms with E-state index in [1.54, 1.807) is 7.11 Å². The Balaban J connectivity index is 1.73. The van der Waals surface area contributed by atoms with Gasteiger partial charge in [-0.1, -0.05) is 0 Å². The van der Waals surface area contributed by atoms with Crippen LogP contribution in [0.1, 0.15) is 12.8 Å². The number of carbonyl (C=O) groups excluding carboxylic acids is 1. The number of nitrogens with one attached hydrogen (secondary N) is 1. The first-order valence-electron chi connectivity index (χ1n) is 6.49. The van der Waals surface area contributed by atoms with E-state index in [-0.39, 0.29) is 5.91 Å². The Bertz CT molecular complexity index is 254. The molecule has 0 aromatic carbocycles. The Hall–Kier alpha value is -0.650. The molecule has 0 bridgehead atoms. The van der Waals surface area contributed by atoms with Crippen LogP contribution in [0.5, 0.6) is 0 Å². The number of hydrogen-bond donors (Lipinski definition) is 1. The Morgan fingerprint density at radius 2 is 2.18 bits per heavy atom. The van der Waals surface area contributed by atoms with Gasteiger partial charge in [0.2, 0.25) is 5.91 Å². The van der Waals surface area contributed by atoms with Gasteiger partial charge in [-0.15, -0.1) is 0 Å². The summed E-state index contributed by atoms with van der Waals surface area (Å²) >= 11 is 0. The molecule has 17 heavy (non-hydrogen) atoms. The van der Waals surface area contributed by atoms with E-state index < -0.39 is 0 Å². The standard InChI is InChI=1S/C12H23N3O2/c1-17-7-6-15-10-14(9-12(15)16)8-11-2-4-13-5-3-11/h11,13H,2-10H2,1H3. The third-order valence-corrected chi connectivity index (χ3v) is 3.62. The van der Waals surface area contributed by atoms with Crippen molar-refractivity contribution in [3.63, 3.8) is 0 Å². The molecule has 5 nitrogen and oxygen atoms in total. The third-order valence-electron chi connectivity index (χ3n) is 3.62. The van der Waals surface area contributed by atoms with Gasteiger partial charge in [0.25, 0.3) is 0 Å². The number of methoxy groups -OCH3 is 1. The van der Waals surface area contributed by atoms with Crippen molar-refractivity contribution in [3.8, 4) is 0 Å². The number of hydrogen-bond acceptors (Lipinski definition) is 4. The molecule has 0 aliphatic carbocycles. The minimum Gasteiger partial charge on any atom is -0.383 e. The van der Waals surface area contributed by atoms with E-state index in [2.05, 4.69) is 10.2 Å². The van der Waals surface area contributed by atoms with Crippen LogP contribution in [0, 0.1) is 5.92 Å². The average Bonchev–Trinajstić information content (AvgIpc) is 2.68. The highest BCUT2D eigenvalue weighted by molar-refractivity contribution is 5.80. The number of carbonyl (C=O) groups is 1. The fourth-order valence-corrected chi connectivity index (χ4v) is 2.61.